The lowest BCUT2D eigenvalue weighted by Crippen LogP contribution is -2.40. The Hall–Kier alpha value is -1.36. The summed E-state index contributed by atoms with van der Waals surface area (Å²) in [5, 5.41) is 14.2. The van der Waals surface area contributed by atoms with Gasteiger partial charge in [-0.15, -0.1) is 0 Å². The Labute approximate surface area is 132 Å². The molecule has 5 nitrogen and oxygen atoms in total. The first-order valence-electron chi connectivity index (χ1n) is 8.59. The summed E-state index contributed by atoms with van der Waals surface area (Å²) in [7, 11) is 0. The van der Waals surface area contributed by atoms with Gasteiger partial charge in [0, 0.05) is 18.8 Å². The van der Waals surface area contributed by atoms with E-state index in [-0.39, 0.29) is 12.0 Å². The van der Waals surface area contributed by atoms with Crippen LogP contribution in [0.1, 0.15) is 67.5 Å². The van der Waals surface area contributed by atoms with Gasteiger partial charge in [-0.2, -0.15) is 5.10 Å². The van der Waals surface area contributed by atoms with Gasteiger partial charge in [0.1, 0.15) is 0 Å². The highest BCUT2D eigenvalue weighted by Gasteiger charge is 2.29. The summed E-state index contributed by atoms with van der Waals surface area (Å²) in [4.78, 5) is 14.7. The Bertz CT molecular complexity index is 524. The normalized spacial score (nSPS) is 22.2. The molecule has 3 rings (SSSR count). The van der Waals surface area contributed by atoms with Crippen molar-refractivity contribution in [2.45, 2.75) is 64.5 Å². The van der Waals surface area contributed by atoms with Crippen molar-refractivity contribution in [2.75, 3.05) is 13.1 Å². The average Bonchev–Trinajstić information content (AvgIpc) is 3.16. The monoisotopic (exact) mass is 305 g/mol. The minimum atomic E-state index is -0.274. The number of nitrogens with zero attached hydrogens (tertiary/aromatic N) is 3. The fourth-order valence-corrected chi connectivity index (χ4v) is 3.91. The summed E-state index contributed by atoms with van der Waals surface area (Å²) in [5.74, 6) is 0.428. The van der Waals surface area contributed by atoms with Gasteiger partial charge < -0.3 is 10.0 Å². The van der Waals surface area contributed by atoms with Crippen LogP contribution in [0.3, 0.4) is 0 Å². The maximum absolute atomic E-state index is 12.7. The van der Waals surface area contributed by atoms with Crippen LogP contribution in [-0.4, -0.2) is 44.9 Å². The van der Waals surface area contributed by atoms with Crippen LogP contribution in [0.2, 0.25) is 0 Å². The number of piperidine rings is 1. The van der Waals surface area contributed by atoms with Crippen molar-refractivity contribution in [2.24, 2.45) is 5.92 Å². The molecule has 1 aliphatic heterocycles. The molecule has 2 fully saturated rings. The Morgan fingerprint density at radius 3 is 2.50 bits per heavy atom. The molecule has 2 heterocycles. The molecule has 1 amide bonds. The minimum Gasteiger partial charge on any atom is -0.393 e. The van der Waals surface area contributed by atoms with Crippen LogP contribution < -0.4 is 0 Å². The van der Waals surface area contributed by atoms with E-state index in [9.17, 15) is 9.90 Å². The first-order valence-corrected chi connectivity index (χ1v) is 8.59. The fourth-order valence-electron chi connectivity index (χ4n) is 3.91. The van der Waals surface area contributed by atoms with Gasteiger partial charge in [0.2, 0.25) is 0 Å². The van der Waals surface area contributed by atoms with Crippen LogP contribution >= 0.6 is 0 Å². The third-order valence-electron chi connectivity index (χ3n) is 5.45. The molecule has 5 heteroatoms. The van der Waals surface area contributed by atoms with E-state index < -0.39 is 0 Å². The Morgan fingerprint density at radius 1 is 1.27 bits per heavy atom. The zero-order valence-electron chi connectivity index (χ0n) is 13.7. The van der Waals surface area contributed by atoms with Crippen molar-refractivity contribution < 1.29 is 9.90 Å². The largest absolute Gasteiger partial charge is 0.393 e. The molecule has 1 unspecified atom stereocenters. The van der Waals surface area contributed by atoms with Crippen LogP contribution in [0, 0.1) is 12.8 Å². The Kier molecular flexibility index (Phi) is 4.52. The lowest BCUT2D eigenvalue weighted by Gasteiger charge is -2.33. The quantitative estimate of drug-likeness (QED) is 0.933. The highest BCUT2D eigenvalue weighted by Crippen LogP contribution is 2.31. The first-order chi connectivity index (χ1) is 10.6. The maximum atomic E-state index is 12.7. The van der Waals surface area contributed by atoms with E-state index in [0.717, 1.165) is 37.2 Å². The predicted molar refractivity (Wildman–Crippen MR) is 84.8 cm³/mol. The van der Waals surface area contributed by atoms with Crippen LogP contribution in [0.25, 0.3) is 0 Å². The third kappa shape index (κ3) is 2.91. The van der Waals surface area contributed by atoms with Crippen LogP contribution in [-0.2, 0) is 0 Å². The van der Waals surface area contributed by atoms with Gasteiger partial charge in [0.15, 0.2) is 0 Å². The molecule has 122 valence electrons. The molecule has 22 heavy (non-hydrogen) atoms. The van der Waals surface area contributed by atoms with E-state index in [1.165, 1.54) is 25.7 Å². The number of aliphatic hydroxyl groups excluding tert-OH is 1. The molecule has 0 aromatic carbocycles. The van der Waals surface area contributed by atoms with E-state index in [1.807, 2.05) is 18.7 Å². The van der Waals surface area contributed by atoms with Crippen molar-refractivity contribution in [3.63, 3.8) is 0 Å². The second kappa shape index (κ2) is 6.41. The SMILES string of the molecule is Cc1c(C(=O)N2CCC(C(C)O)CC2)cnn1C1CCCC1. The lowest BCUT2D eigenvalue weighted by molar-refractivity contribution is 0.0520. The van der Waals surface area contributed by atoms with Crippen molar-refractivity contribution in [1.82, 2.24) is 14.7 Å². The molecule has 0 bridgehead atoms. The molecule has 1 atom stereocenters. The van der Waals surface area contributed by atoms with Crippen molar-refractivity contribution >= 4 is 5.91 Å². The van der Waals surface area contributed by atoms with E-state index in [2.05, 4.69) is 9.78 Å². The number of hydrogen-bond donors (Lipinski definition) is 1. The lowest BCUT2D eigenvalue weighted by atomic mass is 9.92. The van der Waals surface area contributed by atoms with Gasteiger partial charge in [-0.3, -0.25) is 9.48 Å². The number of carbonyl (C=O) groups excluding carboxylic acids is 1. The van der Waals surface area contributed by atoms with Crippen molar-refractivity contribution in [1.29, 1.82) is 0 Å². The average molecular weight is 305 g/mol. The summed E-state index contributed by atoms with van der Waals surface area (Å²) in [6, 6.07) is 0.475. The van der Waals surface area contributed by atoms with Crippen molar-refractivity contribution in [3.8, 4) is 0 Å². The Balaban J connectivity index is 1.68. The first kappa shape index (κ1) is 15.5. The number of aromatic nitrogens is 2. The number of likely N-dealkylation sites (tertiary alicyclic amines) is 1. The van der Waals surface area contributed by atoms with Gasteiger partial charge >= 0.3 is 0 Å². The van der Waals surface area contributed by atoms with Crippen LogP contribution in [0.4, 0.5) is 0 Å². The molecule has 2 aliphatic rings. The van der Waals surface area contributed by atoms with Crippen molar-refractivity contribution in [3.05, 3.63) is 17.5 Å². The summed E-state index contributed by atoms with van der Waals surface area (Å²) in [6.45, 7) is 5.34. The topological polar surface area (TPSA) is 58.4 Å². The van der Waals surface area contributed by atoms with E-state index in [1.54, 1.807) is 6.20 Å². The highest BCUT2D eigenvalue weighted by atomic mass is 16.3. The number of rotatable bonds is 3. The van der Waals surface area contributed by atoms with Gasteiger partial charge in [-0.05, 0) is 45.4 Å². The smallest absolute Gasteiger partial charge is 0.257 e. The molecule has 1 aliphatic carbocycles. The second-order valence-corrected chi connectivity index (χ2v) is 6.90. The van der Waals surface area contributed by atoms with Gasteiger partial charge in [0.25, 0.3) is 5.91 Å². The highest BCUT2D eigenvalue weighted by molar-refractivity contribution is 5.95. The number of carbonyl (C=O) groups is 1. The van der Waals surface area contributed by atoms with Crippen LogP contribution in [0.15, 0.2) is 6.20 Å². The summed E-state index contributed by atoms with van der Waals surface area (Å²) in [5.41, 5.74) is 1.76. The summed E-state index contributed by atoms with van der Waals surface area (Å²) >= 11 is 0. The molecule has 1 N–H and O–H groups in total. The molecule has 0 radical (unpaired) electrons. The molecule has 1 saturated heterocycles. The molecular formula is C17H27N3O2. The number of amides is 1. The number of hydrogen-bond acceptors (Lipinski definition) is 3. The van der Waals surface area contributed by atoms with Gasteiger partial charge in [0.05, 0.1) is 23.9 Å². The third-order valence-corrected chi connectivity index (χ3v) is 5.45. The standard InChI is InChI=1S/C17H27N3O2/c1-12-16(11-18-20(12)15-5-3-4-6-15)17(22)19-9-7-14(8-10-19)13(2)21/h11,13-15,21H,3-10H2,1-2H3. The van der Waals surface area contributed by atoms with Gasteiger partial charge in [-0.25, -0.2) is 0 Å². The zero-order valence-corrected chi connectivity index (χ0v) is 13.7. The van der Waals surface area contributed by atoms with E-state index in [4.69, 9.17) is 0 Å². The Morgan fingerprint density at radius 2 is 1.91 bits per heavy atom. The van der Waals surface area contributed by atoms with Gasteiger partial charge in [-0.1, -0.05) is 12.8 Å². The molecule has 1 aromatic heterocycles. The minimum absolute atomic E-state index is 0.103. The maximum Gasteiger partial charge on any atom is 0.257 e. The zero-order chi connectivity index (χ0) is 15.7. The summed E-state index contributed by atoms with van der Waals surface area (Å²) < 4.78 is 2.06. The van der Waals surface area contributed by atoms with E-state index >= 15 is 0 Å². The molecule has 1 saturated carbocycles. The second-order valence-electron chi connectivity index (χ2n) is 6.90. The molecule has 0 spiro atoms. The summed E-state index contributed by atoms with van der Waals surface area (Å²) in [6.07, 6.45) is 8.13. The van der Waals surface area contributed by atoms with Crippen LogP contribution in [0.5, 0.6) is 0 Å². The molecule has 1 aromatic rings. The molecular weight excluding hydrogens is 278 g/mol. The fraction of sp³-hybridized carbons (Fsp3) is 0.765. The predicted octanol–water partition coefficient (Wildman–Crippen LogP) is 2.54. The number of aliphatic hydroxyl groups is 1. The van der Waals surface area contributed by atoms with E-state index in [0.29, 0.717) is 12.0 Å².